The molecular weight excluding hydrogens is 180 g/mol. The van der Waals surface area contributed by atoms with Gasteiger partial charge in [0.1, 0.15) is 0 Å². The van der Waals surface area contributed by atoms with Crippen molar-refractivity contribution in [1.82, 2.24) is 0 Å². The molecule has 0 unspecified atom stereocenters. The van der Waals surface area contributed by atoms with E-state index in [1.165, 1.54) is 11.1 Å². The third-order valence-corrected chi connectivity index (χ3v) is 2.00. The number of benzene rings is 1. The SMILES string of the molecule is C=CCCc1ccc(C=CCl)cc1. The summed E-state index contributed by atoms with van der Waals surface area (Å²) in [5, 5.41) is 0. The Morgan fingerprint density at radius 1 is 1.23 bits per heavy atom. The van der Waals surface area contributed by atoms with Crippen LogP contribution in [0.15, 0.2) is 42.5 Å². The van der Waals surface area contributed by atoms with Gasteiger partial charge in [-0.3, -0.25) is 0 Å². The fourth-order valence-electron chi connectivity index (χ4n) is 1.14. The topological polar surface area (TPSA) is 0 Å². The predicted molar refractivity (Wildman–Crippen MR) is 59.8 cm³/mol. The maximum atomic E-state index is 5.47. The van der Waals surface area contributed by atoms with E-state index in [2.05, 4.69) is 30.8 Å². The van der Waals surface area contributed by atoms with Gasteiger partial charge in [0.2, 0.25) is 0 Å². The first-order valence-corrected chi connectivity index (χ1v) is 4.77. The summed E-state index contributed by atoms with van der Waals surface area (Å²) in [4.78, 5) is 0. The predicted octanol–water partition coefficient (Wildman–Crippen LogP) is 4.01. The van der Waals surface area contributed by atoms with Crippen LogP contribution in [0.4, 0.5) is 0 Å². The Kier molecular flexibility index (Phi) is 4.34. The minimum Gasteiger partial charge on any atom is -0.103 e. The number of hydrogen-bond donors (Lipinski definition) is 0. The first-order chi connectivity index (χ1) is 6.36. The summed E-state index contributed by atoms with van der Waals surface area (Å²) < 4.78 is 0. The van der Waals surface area contributed by atoms with Gasteiger partial charge in [-0.2, -0.15) is 0 Å². The van der Waals surface area contributed by atoms with Gasteiger partial charge in [-0.05, 0) is 30.0 Å². The Hall–Kier alpha value is -1.01. The molecule has 0 atom stereocenters. The smallest absolute Gasteiger partial charge is 0.00484 e. The van der Waals surface area contributed by atoms with Crippen molar-refractivity contribution in [2.45, 2.75) is 12.8 Å². The number of allylic oxidation sites excluding steroid dienone is 1. The van der Waals surface area contributed by atoms with E-state index in [4.69, 9.17) is 11.6 Å². The van der Waals surface area contributed by atoms with Gasteiger partial charge in [-0.25, -0.2) is 0 Å². The molecule has 0 heterocycles. The monoisotopic (exact) mass is 192 g/mol. The van der Waals surface area contributed by atoms with Crippen LogP contribution in [0.2, 0.25) is 0 Å². The molecule has 1 heteroatoms. The fraction of sp³-hybridized carbons (Fsp3) is 0.167. The summed E-state index contributed by atoms with van der Waals surface area (Å²) in [6, 6.07) is 8.38. The van der Waals surface area contributed by atoms with E-state index >= 15 is 0 Å². The van der Waals surface area contributed by atoms with Crippen LogP contribution in [0.25, 0.3) is 6.08 Å². The lowest BCUT2D eigenvalue weighted by Crippen LogP contribution is -1.82. The number of aryl methyl sites for hydroxylation is 1. The van der Waals surface area contributed by atoms with Crippen molar-refractivity contribution in [2.24, 2.45) is 0 Å². The minimum atomic E-state index is 1.03. The average molecular weight is 193 g/mol. The average Bonchev–Trinajstić information content (AvgIpc) is 2.17. The number of hydrogen-bond acceptors (Lipinski definition) is 0. The zero-order valence-electron chi connectivity index (χ0n) is 7.54. The van der Waals surface area contributed by atoms with Crippen LogP contribution >= 0.6 is 11.6 Å². The second-order valence-corrected chi connectivity index (χ2v) is 3.11. The second-order valence-electron chi connectivity index (χ2n) is 2.86. The van der Waals surface area contributed by atoms with Crippen molar-refractivity contribution in [3.63, 3.8) is 0 Å². The lowest BCUT2D eigenvalue weighted by atomic mass is 10.1. The Bertz CT molecular complexity index is 282. The molecule has 0 N–H and O–H groups in total. The molecule has 0 radical (unpaired) electrons. The standard InChI is InChI=1S/C12H13Cl/c1-2-3-4-11-5-7-12(8-6-11)9-10-13/h2,5-10H,1,3-4H2. The second kappa shape index (κ2) is 5.60. The molecule has 0 aliphatic heterocycles. The van der Waals surface area contributed by atoms with Crippen LogP contribution in [0.3, 0.4) is 0 Å². The molecule has 0 fully saturated rings. The van der Waals surface area contributed by atoms with E-state index in [0.717, 1.165) is 18.4 Å². The fourth-order valence-corrected chi connectivity index (χ4v) is 1.28. The van der Waals surface area contributed by atoms with Gasteiger partial charge in [-0.1, -0.05) is 41.9 Å². The molecule has 1 rings (SSSR count). The van der Waals surface area contributed by atoms with Crippen molar-refractivity contribution >= 4 is 17.7 Å². The molecule has 68 valence electrons. The molecule has 0 aliphatic carbocycles. The van der Waals surface area contributed by atoms with Gasteiger partial charge in [0.25, 0.3) is 0 Å². The van der Waals surface area contributed by atoms with E-state index in [-0.39, 0.29) is 0 Å². The molecule has 0 amide bonds. The number of rotatable bonds is 4. The molecule has 13 heavy (non-hydrogen) atoms. The normalized spacial score (nSPS) is 10.5. The Balaban J connectivity index is 2.63. The maximum Gasteiger partial charge on any atom is 0.00484 e. The molecule has 0 saturated heterocycles. The van der Waals surface area contributed by atoms with Gasteiger partial charge in [0, 0.05) is 5.54 Å². The summed E-state index contributed by atoms with van der Waals surface area (Å²) in [5.74, 6) is 0. The molecule has 1 aromatic carbocycles. The van der Waals surface area contributed by atoms with E-state index < -0.39 is 0 Å². The third-order valence-electron chi connectivity index (χ3n) is 1.87. The molecule has 1 aromatic rings. The summed E-state index contributed by atoms with van der Waals surface area (Å²) in [5.41, 5.74) is 4.00. The zero-order valence-corrected chi connectivity index (χ0v) is 8.30. The van der Waals surface area contributed by atoms with Crippen LogP contribution < -0.4 is 0 Å². The summed E-state index contributed by atoms with van der Waals surface area (Å²) in [6.45, 7) is 3.69. The van der Waals surface area contributed by atoms with E-state index in [1.54, 1.807) is 0 Å². The molecule has 0 spiro atoms. The largest absolute Gasteiger partial charge is 0.103 e. The Labute approximate surface area is 84.5 Å². The summed E-state index contributed by atoms with van der Waals surface area (Å²) in [6.07, 6.45) is 5.91. The highest BCUT2D eigenvalue weighted by Crippen LogP contribution is 2.08. The van der Waals surface area contributed by atoms with E-state index in [9.17, 15) is 0 Å². The van der Waals surface area contributed by atoms with Crippen molar-refractivity contribution in [1.29, 1.82) is 0 Å². The zero-order chi connectivity index (χ0) is 9.52. The van der Waals surface area contributed by atoms with Crippen LogP contribution in [0.5, 0.6) is 0 Å². The van der Waals surface area contributed by atoms with Crippen molar-refractivity contribution in [3.05, 3.63) is 53.6 Å². The molecular formula is C12H13Cl. The highest BCUT2D eigenvalue weighted by atomic mass is 35.5. The Morgan fingerprint density at radius 2 is 1.92 bits per heavy atom. The third kappa shape index (κ3) is 3.47. The van der Waals surface area contributed by atoms with Crippen molar-refractivity contribution in [2.75, 3.05) is 0 Å². The Morgan fingerprint density at radius 3 is 2.46 bits per heavy atom. The highest BCUT2D eigenvalue weighted by molar-refractivity contribution is 6.27. The maximum absolute atomic E-state index is 5.47. The van der Waals surface area contributed by atoms with Crippen LogP contribution in [-0.2, 0) is 6.42 Å². The molecule has 0 saturated carbocycles. The summed E-state index contributed by atoms with van der Waals surface area (Å²) >= 11 is 5.47. The van der Waals surface area contributed by atoms with Crippen LogP contribution in [-0.4, -0.2) is 0 Å². The molecule has 0 bridgehead atoms. The molecule has 0 aliphatic rings. The quantitative estimate of drug-likeness (QED) is 0.633. The summed E-state index contributed by atoms with van der Waals surface area (Å²) in [7, 11) is 0. The highest BCUT2D eigenvalue weighted by Gasteiger charge is 1.90. The minimum absolute atomic E-state index is 1.03. The molecule has 0 nitrogen and oxygen atoms in total. The van der Waals surface area contributed by atoms with Gasteiger partial charge >= 0.3 is 0 Å². The van der Waals surface area contributed by atoms with Crippen LogP contribution in [0, 0.1) is 0 Å². The van der Waals surface area contributed by atoms with E-state index in [0.29, 0.717) is 0 Å². The molecule has 0 aromatic heterocycles. The first kappa shape index (κ1) is 10.1. The van der Waals surface area contributed by atoms with Gasteiger partial charge in [0.15, 0.2) is 0 Å². The van der Waals surface area contributed by atoms with Crippen LogP contribution in [0.1, 0.15) is 17.5 Å². The van der Waals surface area contributed by atoms with Crippen molar-refractivity contribution < 1.29 is 0 Å². The van der Waals surface area contributed by atoms with Crippen molar-refractivity contribution in [3.8, 4) is 0 Å². The van der Waals surface area contributed by atoms with Gasteiger partial charge in [-0.15, -0.1) is 6.58 Å². The van der Waals surface area contributed by atoms with Gasteiger partial charge < -0.3 is 0 Å². The lowest BCUT2D eigenvalue weighted by molar-refractivity contribution is 1.00. The first-order valence-electron chi connectivity index (χ1n) is 4.33. The number of halogens is 1. The lowest BCUT2D eigenvalue weighted by Gasteiger charge is -1.98. The van der Waals surface area contributed by atoms with E-state index in [1.807, 2.05) is 12.2 Å². The van der Waals surface area contributed by atoms with Gasteiger partial charge in [0.05, 0.1) is 0 Å².